The number of para-hydroxylation sites is 3. The van der Waals surface area contributed by atoms with Gasteiger partial charge in [0.25, 0.3) is 0 Å². The van der Waals surface area contributed by atoms with Gasteiger partial charge in [-0.05, 0) is 24.3 Å². The minimum atomic E-state index is -0.638. The number of benzene rings is 2. The zero-order valence-corrected chi connectivity index (χ0v) is 9.85. The molecule has 19 heavy (non-hydrogen) atoms. The Labute approximate surface area is 108 Å². The molecule has 0 aliphatic heterocycles. The van der Waals surface area contributed by atoms with Crippen molar-refractivity contribution >= 4 is 17.0 Å². The van der Waals surface area contributed by atoms with Gasteiger partial charge in [-0.25, -0.2) is 9.78 Å². The lowest BCUT2D eigenvalue weighted by Gasteiger charge is -2.06. The van der Waals surface area contributed by atoms with Crippen LogP contribution in [0.5, 0.6) is 5.75 Å². The van der Waals surface area contributed by atoms with E-state index in [2.05, 4.69) is 4.98 Å². The minimum absolute atomic E-state index is 0.111. The molecule has 0 saturated carbocycles. The van der Waals surface area contributed by atoms with Gasteiger partial charge >= 0.3 is 5.97 Å². The third kappa shape index (κ3) is 2.01. The highest BCUT2D eigenvalue weighted by Crippen LogP contribution is 2.17. The van der Waals surface area contributed by atoms with Crippen LogP contribution < -0.4 is 4.84 Å². The first-order valence-corrected chi connectivity index (χ1v) is 5.68. The predicted molar refractivity (Wildman–Crippen MR) is 68.8 cm³/mol. The maximum absolute atomic E-state index is 11.9. The Balaban J connectivity index is 1.94. The molecule has 3 rings (SSSR count). The Hall–Kier alpha value is -2.82. The van der Waals surface area contributed by atoms with Gasteiger partial charge in [0.05, 0.1) is 5.52 Å². The summed E-state index contributed by atoms with van der Waals surface area (Å²) in [5, 5.41) is 9.60. The van der Waals surface area contributed by atoms with Crippen molar-refractivity contribution in [3.63, 3.8) is 0 Å². The van der Waals surface area contributed by atoms with Crippen molar-refractivity contribution in [2.45, 2.75) is 0 Å². The molecule has 1 heterocycles. The summed E-state index contributed by atoms with van der Waals surface area (Å²) in [5.41, 5.74) is 1.53. The van der Waals surface area contributed by atoms with Crippen molar-refractivity contribution in [1.82, 2.24) is 9.71 Å². The lowest BCUT2D eigenvalue weighted by Crippen LogP contribution is -2.19. The second-order valence-corrected chi connectivity index (χ2v) is 3.95. The van der Waals surface area contributed by atoms with Gasteiger partial charge in [-0.15, -0.1) is 0 Å². The first-order chi connectivity index (χ1) is 9.25. The van der Waals surface area contributed by atoms with Gasteiger partial charge in [-0.1, -0.05) is 24.3 Å². The number of hydrogen-bond acceptors (Lipinski definition) is 4. The molecule has 0 unspecified atom stereocenters. The fraction of sp³-hybridized carbons (Fsp3) is 0. The number of carbonyl (C=O) groups excluding carboxylic acids is 1. The molecule has 1 aromatic heterocycles. The summed E-state index contributed by atoms with van der Waals surface area (Å²) < 4.78 is 1.28. The maximum Gasteiger partial charge on any atom is 0.367 e. The van der Waals surface area contributed by atoms with Crippen molar-refractivity contribution in [3.8, 4) is 5.75 Å². The van der Waals surface area contributed by atoms with Crippen LogP contribution in [0.25, 0.3) is 11.0 Å². The quantitative estimate of drug-likeness (QED) is 0.759. The first-order valence-electron chi connectivity index (χ1n) is 5.68. The Morgan fingerprint density at radius 3 is 2.68 bits per heavy atom. The molecule has 0 aliphatic rings. The van der Waals surface area contributed by atoms with Gasteiger partial charge in [0.15, 0.2) is 0 Å². The van der Waals surface area contributed by atoms with Crippen LogP contribution in [0.2, 0.25) is 0 Å². The van der Waals surface area contributed by atoms with Crippen LogP contribution in [0.15, 0.2) is 54.9 Å². The highest BCUT2D eigenvalue weighted by atomic mass is 16.7. The number of aromatic nitrogens is 2. The standard InChI is InChI=1S/C14H10N2O3/c17-13-8-4-1-5-10(13)14(18)19-16-9-15-11-6-2-3-7-12(11)16/h1-9,17H. The number of phenols is 1. The SMILES string of the molecule is O=C(On1cnc2ccccc21)c1ccccc1O. The van der Waals surface area contributed by atoms with Gasteiger partial charge < -0.3 is 9.94 Å². The molecule has 2 aromatic carbocycles. The van der Waals surface area contributed by atoms with Gasteiger partial charge in [0.1, 0.15) is 23.2 Å². The van der Waals surface area contributed by atoms with E-state index in [1.807, 2.05) is 18.2 Å². The Kier molecular flexibility index (Phi) is 2.64. The molecule has 0 aliphatic carbocycles. The van der Waals surface area contributed by atoms with Crippen molar-refractivity contribution in [2.75, 3.05) is 0 Å². The normalized spacial score (nSPS) is 10.5. The highest BCUT2D eigenvalue weighted by molar-refractivity contribution is 5.93. The second kappa shape index (κ2) is 4.45. The number of rotatable bonds is 2. The molecule has 0 spiro atoms. The van der Waals surface area contributed by atoms with Crippen LogP contribution in [-0.2, 0) is 0 Å². The molecular weight excluding hydrogens is 244 g/mol. The van der Waals surface area contributed by atoms with Crippen LogP contribution in [0.3, 0.4) is 0 Å². The molecule has 0 radical (unpaired) electrons. The number of hydrogen-bond donors (Lipinski definition) is 1. The van der Waals surface area contributed by atoms with Crippen LogP contribution in [0.1, 0.15) is 10.4 Å². The number of carbonyl (C=O) groups is 1. The molecular formula is C14H10N2O3. The Morgan fingerprint density at radius 2 is 1.84 bits per heavy atom. The average molecular weight is 254 g/mol. The zero-order valence-electron chi connectivity index (χ0n) is 9.85. The smallest absolute Gasteiger partial charge is 0.367 e. The second-order valence-electron chi connectivity index (χ2n) is 3.95. The van der Waals surface area contributed by atoms with Gasteiger partial charge in [0, 0.05) is 0 Å². The van der Waals surface area contributed by atoms with Crippen LogP contribution in [-0.4, -0.2) is 20.8 Å². The molecule has 0 atom stereocenters. The number of aromatic hydroxyl groups is 1. The summed E-state index contributed by atoms with van der Waals surface area (Å²) in [5.74, 6) is -0.752. The van der Waals surface area contributed by atoms with E-state index in [0.717, 1.165) is 5.52 Å². The summed E-state index contributed by atoms with van der Waals surface area (Å²) in [6.07, 6.45) is 1.42. The number of fused-ring (bicyclic) bond motifs is 1. The van der Waals surface area contributed by atoms with E-state index in [1.165, 1.54) is 23.2 Å². The molecule has 3 aromatic rings. The first kappa shape index (κ1) is 11.3. The molecule has 0 amide bonds. The molecule has 5 heteroatoms. The summed E-state index contributed by atoms with van der Waals surface area (Å²) >= 11 is 0. The van der Waals surface area contributed by atoms with Crippen molar-refractivity contribution < 1.29 is 14.7 Å². The Bertz CT molecular complexity index is 749. The summed E-state index contributed by atoms with van der Waals surface area (Å²) in [7, 11) is 0. The van der Waals surface area contributed by atoms with Gasteiger partial charge in [0.2, 0.25) is 0 Å². The molecule has 1 N–H and O–H groups in total. The van der Waals surface area contributed by atoms with E-state index in [-0.39, 0.29) is 11.3 Å². The fourth-order valence-electron chi connectivity index (χ4n) is 1.79. The van der Waals surface area contributed by atoms with Crippen LogP contribution in [0.4, 0.5) is 0 Å². The maximum atomic E-state index is 11.9. The predicted octanol–water partition coefficient (Wildman–Crippen LogP) is 2.01. The molecule has 0 fully saturated rings. The van der Waals surface area contributed by atoms with Gasteiger partial charge in [-0.3, -0.25) is 0 Å². The average Bonchev–Trinajstić information content (AvgIpc) is 2.83. The van der Waals surface area contributed by atoms with E-state index in [0.29, 0.717) is 5.52 Å². The fourth-order valence-corrected chi connectivity index (χ4v) is 1.79. The Morgan fingerprint density at radius 1 is 1.11 bits per heavy atom. The van der Waals surface area contributed by atoms with Crippen LogP contribution in [0, 0.1) is 0 Å². The topological polar surface area (TPSA) is 64.4 Å². The van der Waals surface area contributed by atoms with E-state index < -0.39 is 5.97 Å². The van der Waals surface area contributed by atoms with Crippen molar-refractivity contribution in [3.05, 3.63) is 60.4 Å². The van der Waals surface area contributed by atoms with Crippen molar-refractivity contribution in [1.29, 1.82) is 0 Å². The summed E-state index contributed by atoms with van der Waals surface area (Å²) in [6, 6.07) is 13.5. The molecule has 0 bridgehead atoms. The van der Waals surface area contributed by atoms with E-state index >= 15 is 0 Å². The lowest BCUT2D eigenvalue weighted by molar-refractivity contribution is 0.0476. The summed E-state index contributed by atoms with van der Waals surface area (Å²) in [6.45, 7) is 0. The molecule has 0 saturated heterocycles. The monoisotopic (exact) mass is 254 g/mol. The third-order valence-electron chi connectivity index (χ3n) is 2.73. The summed E-state index contributed by atoms with van der Waals surface area (Å²) in [4.78, 5) is 21.2. The van der Waals surface area contributed by atoms with Gasteiger partial charge in [-0.2, -0.15) is 4.73 Å². The number of phenolic OH excluding ortho intramolecular Hbond substituents is 1. The van der Waals surface area contributed by atoms with Crippen LogP contribution >= 0.6 is 0 Å². The molecule has 94 valence electrons. The highest BCUT2D eigenvalue weighted by Gasteiger charge is 2.14. The minimum Gasteiger partial charge on any atom is -0.507 e. The number of nitrogens with zero attached hydrogens (tertiary/aromatic N) is 2. The molecule has 5 nitrogen and oxygen atoms in total. The van der Waals surface area contributed by atoms with E-state index in [1.54, 1.807) is 18.2 Å². The third-order valence-corrected chi connectivity index (χ3v) is 2.73. The number of imidazole rings is 1. The van der Waals surface area contributed by atoms with Crippen molar-refractivity contribution in [2.24, 2.45) is 0 Å². The zero-order chi connectivity index (χ0) is 13.2. The largest absolute Gasteiger partial charge is 0.507 e. The lowest BCUT2D eigenvalue weighted by atomic mass is 10.2. The van der Waals surface area contributed by atoms with E-state index in [9.17, 15) is 9.90 Å². The van der Waals surface area contributed by atoms with E-state index in [4.69, 9.17) is 4.84 Å².